The maximum Gasteiger partial charge on any atom is 0.148 e. The van der Waals surface area contributed by atoms with E-state index in [9.17, 15) is 5.11 Å². The Morgan fingerprint density at radius 3 is 3.00 bits per heavy atom. The van der Waals surface area contributed by atoms with Crippen molar-refractivity contribution in [2.45, 2.75) is 26.0 Å². The number of para-hydroxylation sites is 1. The first-order chi connectivity index (χ1) is 9.67. The molecular weight excluding hydrogens is 320 g/mol. The van der Waals surface area contributed by atoms with Gasteiger partial charge in [0.2, 0.25) is 0 Å². The van der Waals surface area contributed by atoms with E-state index in [0.29, 0.717) is 12.2 Å². The molecule has 0 aliphatic carbocycles. The summed E-state index contributed by atoms with van der Waals surface area (Å²) in [5.74, 6) is 0.580. The lowest BCUT2D eigenvalue weighted by Gasteiger charge is -2.05. The number of rotatable bonds is 4. The molecule has 0 bridgehead atoms. The van der Waals surface area contributed by atoms with Gasteiger partial charge in [0.05, 0.1) is 10.7 Å². The predicted octanol–water partition coefficient (Wildman–Crippen LogP) is 3.69. The van der Waals surface area contributed by atoms with Crippen molar-refractivity contribution in [2.24, 2.45) is 0 Å². The third-order valence-electron chi connectivity index (χ3n) is 3.28. The van der Waals surface area contributed by atoms with E-state index < -0.39 is 6.10 Å². The van der Waals surface area contributed by atoms with Crippen LogP contribution in [0.4, 0.5) is 0 Å². The fourth-order valence-electron chi connectivity index (χ4n) is 2.22. The number of fused-ring (bicyclic) bond motifs is 1. The zero-order valence-electron chi connectivity index (χ0n) is 11.1. The molecule has 2 aromatic heterocycles. The highest BCUT2D eigenvalue weighted by molar-refractivity contribution is 9.10. The van der Waals surface area contributed by atoms with Crippen molar-refractivity contribution < 1.29 is 9.52 Å². The van der Waals surface area contributed by atoms with Crippen molar-refractivity contribution in [2.75, 3.05) is 0 Å². The summed E-state index contributed by atoms with van der Waals surface area (Å²) in [6.45, 7) is 2.86. The van der Waals surface area contributed by atoms with E-state index in [-0.39, 0.29) is 0 Å². The Bertz CT molecular complexity index is 732. The van der Waals surface area contributed by atoms with E-state index in [4.69, 9.17) is 4.42 Å². The number of benzene rings is 1. The van der Waals surface area contributed by atoms with Gasteiger partial charge in [0.25, 0.3) is 0 Å². The maximum absolute atomic E-state index is 10.3. The molecular formula is C15H15BrN2O2. The molecule has 1 unspecified atom stereocenters. The van der Waals surface area contributed by atoms with Crippen LogP contribution in [-0.2, 0) is 13.0 Å². The number of hydrogen-bond donors (Lipinski definition) is 1. The second kappa shape index (κ2) is 5.42. The van der Waals surface area contributed by atoms with Crippen molar-refractivity contribution in [3.63, 3.8) is 0 Å². The molecule has 4 nitrogen and oxygen atoms in total. The van der Waals surface area contributed by atoms with Gasteiger partial charge in [-0.3, -0.25) is 4.68 Å². The normalized spacial score (nSPS) is 12.9. The Labute approximate surface area is 125 Å². The Balaban J connectivity index is 1.84. The third kappa shape index (κ3) is 2.51. The van der Waals surface area contributed by atoms with E-state index in [0.717, 1.165) is 27.6 Å². The lowest BCUT2D eigenvalue weighted by molar-refractivity contribution is 0.152. The molecule has 3 rings (SSSR count). The Hall–Kier alpha value is -1.59. The molecule has 20 heavy (non-hydrogen) atoms. The van der Waals surface area contributed by atoms with Crippen LogP contribution in [0.3, 0.4) is 0 Å². The van der Waals surface area contributed by atoms with Crippen LogP contribution in [-0.4, -0.2) is 14.9 Å². The van der Waals surface area contributed by atoms with Crippen LogP contribution >= 0.6 is 15.9 Å². The monoisotopic (exact) mass is 334 g/mol. The first kappa shape index (κ1) is 13.4. The zero-order valence-corrected chi connectivity index (χ0v) is 12.7. The van der Waals surface area contributed by atoms with Crippen LogP contribution in [0, 0.1) is 0 Å². The number of aliphatic hydroxyl groups is 1. The lowest BCUT2D eigenvalue weighted by atomic mass is 10.1. The van der Waals surface area contributed by atoms with Gasteiger partial charge in [-0.2, -0.15) is 5.10 Å². The highest BCUT2D eigenvalue weighted by atomic mass is 79.9. The molecule has 1 aromatic carbocycles. The molecule has 0 spiro atoms. The fourth-order valence-corrected chi connectivity index (χ4v) is 2.68. The molecule has 0 aliphatic rings. The first-order valence-corrected chi connectivity index (χ1v) is 7.34. The maximum atomic E-state index is 10.3. The highest BCUT2D eigenvalue weighted by Gasteiger charge is 2.16. The average Bonchev–Trinajstić information content (AvgIpc) is 3.05. The van der Waals surface area contributed by atoms with Crippen molar-refractivity contribution in [3.05, 3.63) is 52.5 Å². The molecule has 0 fully saturated rings. The lowest BCUT2D eigenvalue weighted by Crippen LogP contribution is -1.99. The summed E-state index contributed by atoms with van der Waals surface area (Å²) in [5.41, 5.74) is 1.77. The molecule has 0 saturated carbocycles. The minimum absolute atomic E-state index is 0.497. The summed E-state index contributed by atoms with van der Waals surface area (Å²) < 4.78 is 8.48. The Morgan fingerprint density at radius 1 is 1.45 bits per heavy atom. The van der Waals surface area contributed by atoms with Crippen LogP contribution in [0.15, 0.2) is 45.5 Å². The number of aromatic nitrogens is 2. The molecule has 0 saturated heterocycles. The van der Waals surface area contributed by atoms with Crippen molar-refractivity contribution in [1.29, 1.82) is 0 Å². The predicted molar refractivity (Wildman–Crippen MR) is 80.5 cm³/mol. The van der Waals surface area contributed by atoms with Crippen molar-refractivity contribution in [3.8, 4) is 0 Å². The van der Waals surface area contributed by atoms with Gasteiger partial charge in [0.1, 0.15) is 17.4 Å². The second-order valence-electron chi connectivity index (χ2n) is 4.73. The van der Waals surface area contributed by atoms with Crippen molar-refractivity contribution >= 4 is 26.9 Å². The van der Waals surface area contributed by atoms with Crippen molar-refractivity contribution in [1.82, 2.24) is 9.78 Å². The summed E-state index contributed by atoms with van der Waals surface area (Å²) in [5, 5.41) is 15.5. The van der Waals surface area contributed by atoms with E-state index in [1.165, 1.54) is 0 Å². The van der Waals surface area contributed by atoms with E-state index in [2.05, 4.69) is 21.0 Å². The van der Waals surface area contributed by atoms with Gasteiger partial charge in [-0.05, 0) is 40.5 Å². The number of aliphatic hydroxyl groups excluding tert-OH is 1. The van der Waals surface area contributed by atoms with Gasteiger partial charge in [-0.25, -0.2) is 0 Å². The first-order valence-electron chi connectivity index (χ1n) is 6.54. The molecule has 104 valence electrons. The standard InChI is InChI=1S/C15H15BrN2O2/c1-2-18-9-10(8-17-18)6-13(19)14-7-11-4-3-5-12(16)15(11)20-14/h3-5,7-9,13,19H,2,6H2,1H3. The highest BCUT2D eigenvalue weighted by Crippen LogP contribution is 2.30. The molecule has 0 aliphatic heterocycles. The van der Waals surface area contributed by atoms with Gasteiger partial charge >= 0.3 is 0 Å². The second-order valence-corrected chi connectivity index (χ2v) is 5.59. The van der Waals surface area contributed by atoms with E-state index in [1.54, 1.807) is 6.20 Å². The van der Waals surface area contributed by atoms with E-state index >= 15 is 0 Å². The van der Waals surface area contributed by atoms with Crippen LogP contribution in [0.25, 0.3) is 11.0 Å². The Morgan fingerprint density at radius 2 is 2.30 bits per heavy atom. The topological polar surface area (TPSA) is 51.2 Å². The molecule has 2 heterocycles. The zero-order chi connectivity index (χ0) is 14.1. The summed E-state index contributed by atoms with van der Waals surface area (Å²) in [7, 11) is 0. The summed E-state index contributed by atoms with van der Waals surface area (Å²) in [6, 6.07) is 7.72. The number of hydrogen-bond acceptors (Lipinski definition) is 3. The molecule has 1 N–H and O–H groups in total. The van der Waals surface area contributed by atoms with Gasteiger partial charge in [-0.1, -0.05) is 12.1 Å². The summed E-state index contributed by atoms with van der Waals surface area (Å²) in [6.07, 6.45) is 3.56. The molecule has 0 radical (unpaired) electrons. The number of halogens is 1. The van der Waals surface area contributed by atoms with Crippen LogP contribution < -0.4 is 0 Å². The summed E-state index contributed by atoms with van der Waals surface area (Å²) >= 11 is 3.45. The average molecular weight is 335 g/mol. The fraction of sp³-hybridized carbons (Fsp3) is 0.267. The van der Waals surface area contributed by atoms with Crippen LogP contribution in [0.5, 0.6) is 0 Å². The SMILES string of the molecule is CCn1cc(CC(O)c2cc3cccc(Br)c3o2)cn1. The largest absolute Gasteiger partial charge is 0.457 e. The minimum Gasteiger partial charge on any atom is -0.457 e. The number of aryl methyl sites for hydroxylation is 1. The van der Waals surface area contributed by atoms with Crippen LogP contribution in [0.2, 0.25) is 0 Å². The van der Waals surface area contributed by atoms with Gasteiger partial charge in [-0.15, -0.1) is 0 Å². The number of furan rings is 1. The van der Waals surface area contributed by atoms with Gasteiger partial charge in [0, 0.05) is 24.5 Å². The smallest absolute Gasteiger partial charge is 0.148 e. The molecule has 0 amide bonds. The number of nitrogens with zero attached hydrogens (tertiary/aromatic N) is 2. The summed E-state index contributed by atoms with van der Waals surface area (Å²) in [4.78, 5) is 0. The quantitative estimate of drug-likeness (QED) is 0.791. The molecule has 1 atom stereocenters. The molecule has 3 aromatic rings. The third-order valence-corrected chi connectivity index (χ3v) is 3.91. The van der Waals surface area contributed by atoms with Gasteiger partial charge < -0.3 is 9.52 Å². The van der Waals surface area contributed by atoms with E-state index in [1.807, 2.05) is 42.1 Å². The van der Waals surface area contributed by atoms with Gasteiger partial charge in [0.15, 0.2) is 0 Å². The van der Waals surface area contributed by atoms with Crippen LogP contribution in [0.1, 0.15) is 24.4 Å². The molecule has 5 heteroatoms. The Kier molecular flexibility index (Phi) is 3.63. The minimum atomic E-state index is -0.663.